The summed E-state index contributed by atoms with van der Waals surface area (Å²) in [7, 11) is 0. The van der Waals surface area contributed by atoms with E-state index in [0.717, 1.165) is 0 Å². The molecule has 2 aliphatic carbocycles. The van der Waals surface area contributed by atoms with Crippen molar-refractivity contribution in [3.05, 3.63) is 119 Å². The number of alkyl carbamates (subject to hydrolysis) is 2. The first-order chi connectivity index (χ1) is 37.2. The van der Waals surface area contributed by atoms with Crippen LogP contribution in [0.4, 0.5) is 9.59 Å². The third kappa shape index (κ3) is 22.6. The van der Waals surface area contributed by atoms with Gasteiger partial charge in [0.25, 0.3) is 0 Å². The number of fused-ring (bicyclic) bond motifs is 6. The van der Waals surface area contributed by atoms with Gasteiger partial charge in [0.15, 0.2) is 0 Å². The minimum Gasteiger partial charge on any atom is -0.449 e. The van der Waals surface area contributed by atoms with Gasteiger partial charge in [-0.05, 0) is 50.9 Å². The molecule has 4 aromatic rings. The first-order valence-corrected chi connectivity index (χ1v) is 26.3. The van der Waals surface area contributed by atoms with Gasteiger partial charge in [0.1, 0.15) is 13.2 Å². The molecule has 0 radical (unpaired) electrons. The van der Waals surface area contributed by atoms with E-state index in [2.05, 4.69) is 59.2 Å². The minimum absolute atomic E-state index is 0.0294. The summed E-state index contributed by atoms with van der Waals surface area (Å²) in [5.74, 6) is 0.0715. The Morgan fingerprint density at radius 3 is 0.800 bits per heavy atom. The molecule has 0 spiro atoms. The van der Waals surface area contributed by atoms with Crippen molar-refractivity contribution in [3.8, 4) is 22.3 Å². The molecular weight excluding hydrogens is 969 g/mol. The van der Waals surface area contributed by atoms with Crippen LogP contribution in [-0.2, 0) is 66.3 Å². The molecule has 4 aromatic carbocycles. The summed E-state index contributed by atoms with van der Waals surface area (Å²) in [5, 5.41) is 5.56. The Kier molecular flexibility index (Phi) is 29.7. The van der Waals surface area contributed by atoms with Crippen LogP contribution in [0.5, 0.6) is 0 Å². The molecule has 0 saturated carbocycles. The molecule has 2 N–H and O–H groups in total. The van der Waals surface area contributed by atoms with Crippen molar-refractivity contribution in [2.45, 2.75) is 18.3 Å². The van der Waals surface area contributed by atoms with Crippen LogP contribution >= 0.6 is 0 Å². The number of benzene rings is 4. The lowest BCUT2D eigenvalue weighted by molar-refractivity contribution is -0.0283. The van der Waals surface area contributed by atoms with Crippen molar-refractivity contribution in [1.82, 2.24) is 10.6 Å². The monoisotopic (exact) mass is 1050 g/mol. The molecule has 412 valence electrons. The zero-order valence-corrected chi connectivity index (χ0v) is 43.4. The number of hydrogen-bond donors (Lipinski definition) is 2. The van der Waals surface area contributed by atoms with Crippen molar-refractivity contribution in [1.29, 1.82) is 0 Å². The highest BCUT2D eigenvalue weighted by Crippen LogP contribution is 2.45. The van der Waals surface area contributed by atoms with E-state index in [1.165, 1.54) is 44.5 Å². The summed E-state index contributed by atoms with van der Waals surface area (Å²) < 4.78 is 77.6. The van der Waals surface area contributed by atoms with Crippen molar-refractivity contribution >= 4 is 12.2 Å². The second-order valence-corrected chi connectivity index (χ2v) is 17.2. The fourth-order valence-corrected chi connectivity index (χ4v) is 8.41. The fraction of sp³-hybridized carbons (Fsp3) is 0.544. The van der Waals surface area contributed by atoms with Crippen LogP contribution < -0.4 is 10.6 Å². The van der Waals surface area contributed by atoms with Crippen molar-refractivity contribution < 1.29 is 75.9 Å². The van der Waals surface area contributed by atoms with Gasteiger partial charge in [0.2, 0.25) is 0 Å². The third-order valence-corrected chi connectivity index (χ3v) is 12.0. The summed E-state index contributed by atoms with van der Waals surface area (Å²) in [4.78, 5) is 24.6. The van der Waals surface area contributed by atoms with E-state index in [1.54, 1.807) is 0 Å². The number of ether oxygens (including phenoxy) is 14. The first-order valence-electron chi connectivity index (χ1n) is 26.3. The van der Waals surface area contributed by atoms with Gasteiger partial charge in [0.05, 0.1) is 152 Å². The summed E-state index contributed by atoms with van der Waals surface area (Å²) in [6.07, 6.45) is -0.201. The number of carbonyl (C=O) groups excluding carboxylic acids is 2. The van der Waals surface area contributed by atoms with E-state index >= 15 is 0 Å². The molecule has 0 aromatic heterocycles. The first kappa shape index (κ1) is 59.2. The average Bonchev–Trinajstić information content (AvgIpc) is 3.95. The van der Waals surface area contributed by atoms with Gasteiger partial charge in [-0.15, -0.1) is 0 Å². The van der Waals surface area contributed by atoms with Gasteiger partial charge in [-0.2, -0.15) is 0 Å². The Morgan fingerprint density at radius 2 is 0.520 bits per heavy atom. The fourth-order valence-electron chi connectivity index (χ4n) is 8.41. The Morgan fingerprint density at radius 1 is 0.293 bits per heavy atom. The Bertz CT molecular complexity index is 1920. The van der Waals surface area contributed by atoms with Crippen LogP contribution in [0.1, 0.15) is 40.5 Å². The van der Waals surface area contributed by atoms with E-state index in [1.807, 2.05) is 48.5 Å². The van der Waals surface area contributed by atoms with Crippen molar-refractivity contribution in [2.24, 2.45) is 0 Å². The molecule has 0 bridgehead atoms. The van der Waals surface area contributed by atoms with Crippen LogP contribution in [0.3, 0.4) is 0 Å². The summed E-state index contributed by atoms with van der Waals surface area (Å²) in [6.45, 7) is 12.6. The SMILES string of the molecule is O=C(NCCCOCCOCCOCCOCCOCCOCCOCCOCCOCCOCCOCCOCCNC(=O)OCC1c2ccccc2-c2ccccc21)OCC1c2ccccc2-c2ccccc21. The standard InChI is InChI=1S/C57H78N2O16/c60-56(74-44-54-50-14-5-1-10-46(50)47-11-2-6-15-51(47)54)58-18-9-20-62-22-24-64-26-28-66-30-32-68-34-36-70-38-40-72-42-43-73-41-39-71-37-35-69-33-31-67-29-27-65-25-23-63-21-19-59-57(61)75-45-55-52-16-7-3-12-48(52)49-13-4-8-17-53(49)55/h1-8,10-17,54-55H,9,18-45H2,(H,58,60)(H,59,61). The molecule has 0 heterocycles. The number of hydrogen-bond acceptors (Lipinski definition) is 16. The Labute approximate surface area is 442 Å². The number of rotatable bonds is 44. The molecule has 0 saturated heterocycles. The zero-order valence-electron chi connectivity index (χ0n) is 43.4. The third-order valence-electron chi connectivity index (χ3n) is 12.0. The molecule has 6 rings (SSSR count). The van der Waals surface area contributed by atoms with E-state index in [9.17, 15) is 9.59 Å². The van der Waals surface area contributed by atoms with Gasteiger partial charge in [-0.3, -0.25) is 0 Å². The molecule has 18 nitrogen and oxygen atoms in total. The Hall–Kier alpha value is -5.06. The van der Waals surface area contributed by atoms with Gasteiger partial charge in [-0.1, -0.05) is 97.1 Å². The normalized spacial score (nSPS) is 12.6. The Balaban J connectivity index is 0.569. The molecule has 75 heavy (non-hydrogen) atoms. The molecular formula is C57H78N2O16. The lowest BCUT2D eigenvalue weighted by atomic mass is 9.98. The van der Waals surface area contributed by atoms with Crippen LogP contribution in [0.25, 0.3) is 22.3 Å². The van der Waals surface area contributed by atoms with Crippen molar-refractivity contribution in [3.63, 3.8) is 0 Å². The predicted molar refractivity (Wildman–Crippen MR) is 281 cm³/mol. The van der Waals surface area contributed by atoms with E-state index in [0.29, 0.717) is 185 Å². The quantitative estimate of drug-likeness (QED) is 0.0448. The predicted octanol–water partition coefficient (Wildman–Crippen LogP) is 6.65. The van der Waals surface area contributed by atoms with Gasteiger partial charge >= 0.3 is 12.2 Å². The summed E-state index contributed by atoms with van der Waals surface area (Å²) in [5.41, 5.74) is 9.55. The smallest absolute Gasteiger partial charge is 0.407 e. The number of carbonyl (C=O) groups is 2. The molecule has 2 amide bonds. The van der Waals surface area contributed by atoms with Crippen molar-refractivity contribution in [2.75, 3.05) is 185 Å². The highest BCUT2D eigenvalue weighted by molar-refractivity contribution is 5.80. The topological polar surface area (TPSA) is 187 Å². The maximum absolute atomic E-state index is 12.3. The highest BCUT2D eigenvalue weighted by Gasteiger charge is 2.30. The van der Waals surface area contributed by atoms with Gasteiger partial charge in [-0.25, -0.2) is 9.59 Å². The number of nitrogens with one attached hydrogen (secondary N) is 2. The van der Waals surface area contributed by atoms with Gasteiger partial charge in [0, 0.05) is 31.5 Å². The maximum Gasteiger partial charge on any atom is 0.407 e. The molecule has 18 heteroatoms. The van der Waals surface area contributed by atoms with E-state index in [4.69, 9.17) is 66.3 Å². The molecule has 0 aliphatic heterocycles. The molecule has 0 unspecified atom stereocenters. The molecule has 0 atom stereocenters. The van der Waals surface area contributed by atoms with E-state index in [-0.39, 0.29) is 18.4 Å². The highest BCUT2D eigenvalue weighted by atomic mass is 16.6. The van der Waals surface area contributed by atoms with Crippen LogP contribution in [-0.4, -0.2) is 197 Å². The van der Waals surface area contributed by atoms with Crippen LogP contribution in [0.15, 0.2) is 97.1 Å². The zero-order chi connectivity index (χ0) is 52.1. The lowest BCUT2D eigenvalue weighted by Gasteiger charge is -2.14. The van der Waals surface area contributed by atoms with Crippen LogP contribution in [0.2, 0.25) is 0 Å². The average molecular weight is 1050 g/mol. The molecule has 2 aliphatic rings. The molecule has 0 fully saturated rings. The summed E-state index contributed by atoms with van der Waals surface area (Å²) in [6, 6.07) is 33.1. The second kappa shape index (κ2) is 37.6. The second-order valence-electron chi connectivity index (χ2n) is 17.2. The summed E-state index contributed by atoms with van der Waals surface area (Å²) >= 11 is 0. The lowest BCUT2D eigenvalue weighted by Crippen LogP contribution is -2.29. The van der Waals surface area contributed by atoms with Gasteiger partial charge < -0.3 is 76.9 Å². The van der Waals surface area contributed by atoms with Crippen LogP contribution in [0, 0.1) is 0 Å². The minimum atomic E-state index is -0.457. The maximum atomic E-state index is 12.3. The van der Waals surface area contributed by atoms with E-state index < -0.39 is 12.2 Å². The number of amides is 2. The largest absolute Gasteiger partial charge is 0.449 e.